The Kier molecular flexibility index (Phi) is 4.26. The highest BCUT2D eigenvalue weighted by atomic mass is 17.0. The number of nitrogens with zero attached hydrogens (tertiary/aromatic N) is 1. The van der Waals surface area contributed by atoms with Crippen LogP contribution in [0.5, 0.6) is 0 Å². The highest BCUT2D eigenvalue weighted by Gasteiger charge is 2.27. The molecule has 0 saturated carbocycles. The number of benzene rings is 2. The summed E-state index contributed by atoms with van der Waals surface area (Å²) in [7, 11) is 0. The minimum absolute atomic E-state index is 0.182. The zero-order valence-electron chi connectivity index (χ0n) is 12.8. The van der Waals surface area contributed by atoms with Crippen LogP contribution in [-0.2, 0) is 19.1 Å². The number of hydrogen-bond donors (Lipinski definition) is 0. The molecule has 2 fully saturated rings. The van der Waals surface area contributed by atoms with Gasteiger partial charge in [0.15, 0.2) is 0 Å². The maximum absolute atomic E-state index is 5.71. The summed E-state index contributed by atoms with van der Waals surface area (Å²) in [6, 6.07) is 18.4. The van der Waals surface area contributed by atoms with Gasteiger partial charge in [-0.25, -0.2) is 9.68 Å². The highest BCUT2D eigenvalue weighted by molar-refractivity contribution is 5.65. The molecule has 2 unspecified atom stereocenters. The topological polar surface area (TPSA) is 46.8 Å². The van der Waals surface area contributed by atoms with Crippen molar-refractivity contribution in [2.45, 2.75) is 12.2 Å². The zero-order chi connectivity index (χ0) is 15.5. The molecule has 2 heterocycles. The Morgan fingerprint density at radius 2 is 1.30 bits per heavy atom. The van der Waals surface area contributed by atoms with Gasteiger partial charge in [-0.05, 0) is 23.3 Å². The van der Waals surface area contributed by atoms with Crippen LogP contribution in [0.1, 0.15) is 0 Å². The van der Waals surface area contributed by atoms with Crippen LogP contribution in [0, 0.1) is 0 Å². The lowest BCUT2D eigenvalue weighted by Gasteiger charge is -2.22. The molecule has 5 nitrogen and oxygen atoms in total. The van der Waals surface area contributed by atoms with Crippen LogP contribution in [0.25, 0.3) is 11.1 Å². The molecule has 0 N–H and O–H groups in total. The van der Waals surface area contributed by atoms with Gasteiger partial charge in [-0.2, -0.15) is 0 Å². The Morgan fingerprint density at radius 3 is 1.83 bits per heavy atom. The first-order valence-corrected chi connectivity index (χ1v) is 7.83. The molecule has 0 amide bonds. The number of anilines is 1. The van der Waals surface area contributed by atoms with Gasteiger partial charge in [0.05, 0.1) is 18.9 Å². The van der Waals surface area contributed by atoms with E-state index >= 15 is 0 Å². The van der Waals surface area contributed by atoms with E-state index < -0.39 is 0 Å². The summed E-state index contributed by atoms with van der Waals surface area (Å²) in [5.74, 6) is 0. The van der Waals surface area contributed by atoms with Crippen molar-refractivity contribution in [2.24, 2.45) is 0 Å². The normalized spacial score (nSPS) is 21.9. The van der Waals surface area contributed by atoms with Gasteiger partial charge in [-0.1, -0.05) is 42.5 Å². The molecule has 23 heavy (non-hydrogen) atoms. The molecule has 5 heteroatoms. The van der Waals surface area contributed by atoms with Crippen molar-refractivity contribution in [1.82, 2.24) is 0 Å². The quantitative estimate of drug-likeness (QED) is 0.554. The fraction of sp³-hybridized carbons (Fsp3) is 0.333. The average Bonchev–Trinajstić information content (AvgIpc) is 3.50. The van der Waals surface area contributed by atoms with Gasteiger partial charge in [0.2, 0.25) is 0 Å². The molecule has 2 aromatic carbocycles. The van der Waals surface area contributed by atoms with E-state index in [0.29, 0.717) is 13.2 Å². The summed E-state index contributed by atoms with van der Waals surface area (Å²) in [5, 5.41) is 1.47. The van der Waals surface area contributed by atoms with Crippen molar-refractivity contribution >= 4 is 5.69 Å². The average molecular weight is 313 g/mol. The van der Waals surface area contributed by atoms with Gasteiger partial charge in [0, 0.05) is 0 Å². The van der Waals surface area contributed by atoms with E-state index in [1.54, 1.807) is 0 Å². The van der Waals surface area contributed by atoms with E-state index in [-0.39, 0.29) is 12.2 Å². The second-order valence-electron chi connectivity index (χ2n) is 5.67. The predicted molar refractivity (Wildman–Crippen MR) is 85.7 cm³/mol. The Balaban J connectivity index is 1.45. The molecule has 4 rings (SSSR count). The van der Waals surface area contributed by atoms with Gasteiger partial charge in [0.25, 0.3) is 0 Å². The SMILES string of the molecule is c1ccc(-c2ccc(N(OCC3CO3)OCC3CO3)cc2)cc1. The van der Waals surface area contributed by atoms with Crippen LogP contribution in [0.2, 0.25) is 0 Å². The molecular formula is C18H19NO4. The van der Waals surface area contributed by atoms with Gasteiger partial charge in [0.1, 0.15) is 25.4 Å². The van der Waals surface area contributed by atoms with E-state index in [0.717, 1.165) is 24.5 Å². The fourth-order valence-corrected chi connectivity index (χ4v) is 2.22. The minimum Gasteiger partial charge on any atom is -0.371 e. The molecule has 0 bridgehead atoms. The van der Waals surface area contributed by atoms with Crippen molar-refractivity contribution in [3.63, 3.8) is 0 Å². The highest BCUT2D eigenvalue weighted by Crippen LogP contribution is 2.24. The monoisotopic (exact) mass is 313 g/mol. The van der Waals surface area contributed by atoms with Gasteiger partial charge in [-0.15, -0.1) is 5.23 Å². The molecule has 0 aliphatic carbocycles. The van der Waals surface area contributed by atoms with Gasteiger partial charge >= 0.3 is 0 Å². The van der Waals surface area contributed by atoms with Crippen LogP contribution in [0.15, 0.2) is 54.6 Å². The van der Waals surface area contributed by atoms with E-state index in [9.17, 15) is 0 Å². The molecule has 0 radical (unpaired) electrons. The number of rotatable bonds is 8. The largest absolute Gasteiger partial charge is 0.371 e. The smallest absolute Gasteiger partial charge is 0.107 e. The number of epoxide rings is 2. The molecule has 0 aromatic heterocycles. The lowest BCUT2D eigenvalue weighted by atomic mass is 10.1. The third-order valence-corrected chi connectivity index (χ3v) is 3.75. The third-order valence-electron chi connectivity index (χ3n) is 3.75. The molecule has 2 aliphatic heterocycles. The Hall–Kier alpha value is -1.92. The molecule has 2 saturated heterocycles. The maximum Gasteiger partial charge on any atom is 0.107 e. The Morgan fingerprint density at radius 1 is 0.783 bits per heavy atom. The van der Waals surface area contributed by atoms with Crippen LogP contribution >= 0.6 is 0 Å². The third kappa shape index (κ3) is 4.09. The van der Waals surface area contributed by atoms with Crippen LogP contribution in [0.4, 0.5) is 5.69 Å². The maximum atomic E-state index is 5.71. The molecule has 2 aliphatic rings. The van der Waals surface area contributed by atoms with Gasteiger partial charge < -0.3 is 9.47 Å². The first-order chi connectivity index (χ1) is 11.4. The molecule has 0 spiro atoms. The molecule has 120 valence electrons. The van der Waals surface area contributed by atoms with E-state index in [4.69, 9.17) is 19.1 Å². The second kappa shape index (κ2) is 6.68. The molecule has 2 atom stereocenters. The van der Waals surface area contributed by atoms with Crippen molar-refractivity contribution in [2.75, 3.05) is 31.7 Å². The summed E-state index contributed by atoms with van der Waals surface area (Å²) < 4.78 is 10.4. The fourth-order valence-electron chi connectivity index (χ4n) is 2.22. The number of ether oxygens (including phenoxy) is 2. The van der Waals surface area contributed by atoms with Crippen molar-refractivity contribution in [3.05, 3.63) is 54.6 Å². The van der Waals surface area contributed by atoms with E-state index in [1.165, 1.54) is 10.8 Å². The van der Waals surface area contributed by atoms with E-state index in [2.05, 4.69) is 24.3 Å². The van der Waals surface area contributed by atoms with Crippen molar-refractivity contribution in [3.8, 4) is 11.1 Å². The summed E-state index contributed by atoms with van der Waals surface area (Å²) in [5.41, 5.74) is 3.20. The summed E-state index contributed by atoms with van der Waals surface area (Å²) in [4.78, 5) is 11.4. The van der Waals surface area contributed by atoms with Crippen molar-refractivity contribution < 1.29 is 19.1 Å². The summed E-state index contributed by atoms with van der Waals surface area (Å²) in [6.07, 6.45) is 0.365. The van der Waals surface area contributed by atoms with Crippen LogP contribution < -0.4 is 5.23 Å². The lowest BCUT2D eigenvalue weighted by molar-refractivity contribution is -0.0960. The van der Waals surface area contributed by atoms with Gasteiger partial charge in [-0.3, -0.25) is 0 Å². The Bertz CT molecular complexity index is 607. The summed E-state index contributed by atoms with van der Waals surface area (Å²) >= 11 is 0. The zero-order valence-corrected chi connectivity index (χ0v) is 12.8. The second-order valence-corrected chi connectivity index (χ2v) is 5.67. The van der Waals surface area contributed by atoms with Crippen LogP contribution in [-0.4, -0.2) is 38.6 Å². The first-order valence-electron chi connectivity index (χ1n) is 7.83. The van der Waals surface area contributed by atoms with Crippen molar-refractivity contribution in [1.29, 1.82) is 0 Å². The molecular weight excluding hydrogens is 294 g/mol. The summed E-state index contributed by atoms with van der Waals surface area (Å²) in [6.45, 7) is 2.50. The lowest BCUT2D eigenvalue weighted by Crippen LogP contribution is -2.27. The first kappa shape index (κ1) is 14.7. The number of hydrogen-bond acceptors (Lipinski definition) is 5. The molecule has 2 aromatic rings. The van der Waals surface area contributed by atoms with Crippen LogP contribution in [0.3, 0.4) is 0 Å². The standard InChI is InChI=1S/C18H19NO4/c1-2-4-14(5-3-1)15-6-8-16(9-7-15)19(22-12-17-10-20-17)23-13-18-11-21-18/h1-9,17-18H,10-13H2. The predicted octanol–water partition coefficient (Wildman–Crippen LogP) is 2.82. The minimum atomic E-state index is 0.182. The van der Waals surface area contributed by atoms with E-state index in [1.807, 2.05) is 30.3 Å². The Labute approximate surface area is 135 Å².